The van der Waals surface area contributed by atoms with Gasteiger partial charge in [-0.1, -0.05) is 0 Å². The molecule has 0 spiro atoms. The van der Waals surface area contributed by atoms with E-state index in [9.17, 15) is 14.7 Å². The van der Waals surface area contributed by atoms with Crippen LogP contribution in [0.25, 0.3) is 0 Å². The maximum absolute atomic E-state index is 11.7. The summed E-state index contributed by atoms with van der Waals surface area (Å²) in [6.45, 7) is 1.39. The molecule has 1 atom stereocenters. The SMILES string of the molecule is CN(C)C(=O)CCNC(=O)N1CCCC(O)C1. The normalized spacial score (nSPS) is 19.9. The van der Waals surface area contributed by atoms with E-state index in [1.54, 1.807) is 19.0 Å². The highest BCUT2D eigenvalue weighted by Crippen LogP contribution is 2.09. The first-order chi connectivity index (χ1) is 8.00. The van der Waals surface area contributed by atoms with Gasteiger partial charge in [-0.2, -0.15) is 0 Å². The topological polar surface area (TPSA) is 72.9 Å². The fourth-order valence-corrected chi connectivity index (χ4v) is 1.75. The molecule has 1 unspecified atom stereocenters. The lowest BCUT2D eigenvalue weighted by molar-refractivity contribution is -0.128. The van der Waals surface area contributed by atoms with E-state index in [0.29, 0.717) is 26.1 Å². The summed E-state index contributed by atoms with van der Waals surface area (Å²) in [5.41, 5.74) is 0. The standard InChI is InChI=1S/C11H21N3O3/c1-13(2)10(16)5-6-12-11(17)14-7-3-4-9(15)8-14/h9,15H,3-8H2,1-2H3,(H,12,17). The second-order valence-electron chi connectivity index (χ2n) is 4.51. The van der Waals surface area contributed by atoms with Crippen LogP contribution in [0.1, 0.15) is 19.3 Å². The monoisotopic (exact) mass is 243 g/mol. The highest BCUT2D eigenvalue weighted by atomic mass is 16.3. The molecular formula is C11H21N3O3. The first-order valence-electron chi connectivity index (χ1n) is 5.91. The number of amides is 3. The number of carbonyl (C=O) groups is 2. The van der Waals surface area contributed by atoms with Gasteiger partial charge >= 0.3 is 6.03 Å². The molecule has 1 heterocycles. The third kappa shape index (κ3) is 4.60. The summed E-state index contributed by atoms with van der Waals surface area (Å²) >= 11 is 0. The van der Waals surface area contributed by atoms with Crippen molar-refractivity contribution in [1.29, 1.82) is 0 Å². The number of aliphatic hydroxyl groups is 1. The summed E-state index contributed by atoms with van der Waals surface area (Å²) < 4.78 is 0. The third-order valence-corrected chi connectivity index (χ3v) is 2.80. The zero-order valence-corrected chi connectivity index (χ0v) is 10.5. The van der Waals surface area contributed by atoms with Crippen molar-refractivity contribution in [2.24, 2.45) is 0 Å². The Morgan fingerprint density at radius 3 is 2.76 bits per heavy atom. The smallest absolute Gasteiger partial charge is 0.317 e. The largest absolute Gasteiger partial charge is 0.391 e. The van der Waals surface area contributed by atoms with Crippen LogP contribution in [0.3, 0.4) is 0 Å². The first-order valence-corrected chi connectivity index (χ1v) is 5.91. The van der Waals surface area contributed by atoms with Crippen molar-refractivity contribution in [3.05, 3.63) is 0 Å². The van der Waals surface area contributed by atoms with E-state index >= 15 is 0 Å². The Labute approximate surface area is 102 Å². The average molecular weight is 243 g/mol. The minimum atomic E-state index is -0.419. The Bertz CT molecular complexity index is 281. The zero-order valence-electron chi connectivity index (χ0n) is 10.5. The molecule has 1 saturated heterocycles. The van der Waals surface area contributed by atoms with Gasteiger partial charge in [0.2, 0.25) is 5.91 Å². The number of rotatable bonds is 3. The number of piperidine rings is 1. The lowest BCUT2D eigenvalue weighted by atomic mass is 10.1. The fourth-order valence-electron chi connectivity index (χ4n) is 1.75. The second-order valence-corrected chi connectivity index (χ2v) is 4.51. The van der Waals surface area contributed by atoms with Gasteiger partial charge in [-0.05, 0) is 12.8 Å². The Hall–Kier alpha value is -1.30. The predicted molar refractivity (Wildman–Crippen MR) is 63.5 cm³/mol. The summed E-state index contributed by atoms with van der Waals surface area (Å²) in [6.07, 6.45) is 1.46. The van der Waals surface area contributed by atoms with Crippen LogP contribution in [0.2, 0.25) is 0 Å². The molecule has 0 bridgehead atoms. The van der Waals surface area contributed by atoms with Gasteiger partial charge in [-0.3, -0.25) is 4.79 Å². The number of nitrogens with zero attached hydrogens (tertiary/aromatic N) is 2. The molecule has 0 aromatic rings. The van der Waals surface area contributed by atoms with Gasteiger partial charge in [0.15, 0.2) is 0 Å². The lowest BCUT2D eigenvalue weighted by Crippen LogP contribution is -2.47. The molecule has 17 heavy (non-hydrogen) atoms. The highest BCUT2D eigenvalue weighted by molar-refractivity contribution is 5.78. The van der Waals surface area contributed by atoms with Gasteiger partial charge in [0.25, 0.3) is 0 Å². The van der Waals surface area contributed by atoms with Crippen molar-refractivity contribution in [1.82, 2.24) is 15.1 Å². The molecule has 3 amide bonds. The number of aliphatic hydroxyl groups excluding tert-OH is 1. The van der Waals surface area contributed by atoms with Crippen LogP contribution >= 0.6 is 0 Å². The number of nitrogens with one attached hydrogen (secondary N) is 1. The molecule has 6 nitrogen and oxygen atoms in total. The number of hydrogen-bond donors (Lipinski definition) is 2. The number of β-amino-alcohol motifs (C(OH)–C–C–N with tert-alkyl or cyclic N) is 1. The Morgan fingerprint density at radius 1 is 1.47 bits per heavy atom. The van der Waals surface area contributed by atoms with Gasteiger partial charge in [-0.25, -0.2) is 4.79 Å². The summed E-state index contributed by atoms with van der Waals surface area (Å²) in [5, 5.41) is 12.1. The molecule has 0 saturated carbocycles. The van der Waals surface area contributed by atoms with E-state index in [1.165, 1.54) is 4.90 Å². The number of hydrogen-bond acceptors (Lipinski definition) is 3. The van der Waals surface area contributed by atoms with Crippen molar-refractivity contribution in [3.63, 3.8) is 0 Å². The Balaban J connectivity index is 2.22. The highest BCUT2D eigenvalue weighted by Gasteiger charge is 2.21. The molecule has 0 radical (unpaired) electrons. The van der Waals surface area contributed by atoms with Crippen LogP contribution in [0.4, 0.5) is 4.79 Å². The Morgan fingerprint density at radius 2 is 2.18 bits per heavy atom. The van der Waals surface area contributed by atoms with Crippen LogP contribution < -0.4 is 5.32 Å². The summed E-state index contributed by atoms with van der Waals surface area (Å²) in [6, 6.07) is -0.199. The van der Waals surface area contributed by atoms with Gasteiger partial charge in [0.05, 0.1) is 6.10 Å². The van der Waals surface area contributed by atoms with E-state index in [4.69, 9.17) is 0 Å². The minimum absolute atomic E-state index is 0.0102. The maximum atomic E-state index is 11.7. The maximum Gasteiger partial charge on any atom is 0.317 e. The average Bonchev–Trinajstić information content (AvgIpc) is 2.28. The molecule has 1 aliphatic rings. The minimum Gasteiger partial charge on any atom is -0.391 e. The zero-order chi connectivity index (χ0) is 12.8. The van der Waals surface area contributed by atoms with Gasteiger partial charge in [0.1, 0.15) is 0 Å². The van der Waals surface area contributed by atoms with Crippen LogP contribution in [0, 0.1) is 0 Å². The van der Waals surface area contributed by atoms with E-state index in [1.807, 2.05) is 0 Å². The van der Waals surface area contributed by atoms with Gasteiger partial charge in [0, 0.05) is 40.2 Å². The lowest BCUT2D eigenvalue weighted by Gasteiger charge is -2.30. The fraction of sp³-hybridized carbons (Fsp3) is 0.818. The van der Waals surface area contributed by atoms with Crippen molar-refractivity contribution in [3.8, 4) is 0 Å². The van der Waals surface area contributed by atoms with Gasteiger partial charge in [-0.15, -0.1) is 0 Å². The Kier molecular flexibility index (Phi) is 5.21. The van der Waals surface area contributed by atoms with Crippen molar-refractivity contribution < 1.29 is 14.7 Å². The molecule has 6 heteroatoms. The second kappa shape index (κ2) is 6.44. The molecule has 0 aliphatic carbocycles. The summed E-state index contributed by atoms with van der Waals surface area (Å²) in [7, 11) is 3.37. The molecule has 1 rings (SSSR count). The molecule has 98 valence electrons. The van der Waals surface area contributed by atoms with Crippen LogP contribution in [0.5, 0.6) is 0 Å². The summed E-state index contributed by atoms with van der Waals surface area (Å²) in [4.78, 5) is 26.0. The van der Waals surface area contributed by atoms with Crippen molar-refractivity contribution in [2.75, 3.05) is 33.7 Å². The first kappa shape index (κ1) is 13.8. The third-order valence-electron chi connectivity index (χ3n) is 2.80. The molecule has 0 aromatic heterocycles. The van der Waals surface area contributed by atoms with Crippen LogP contribution in [-0.4, -0.2) is 66.7 Å². The van der Waals surface area contributed by atoms with Gasteiger partial charge < -0.3 is 20.2 Å². The molecular weight excluding hydrogens is 222 g/mol. The van der Waals surface area contributed by atoms with Crippen LogP contribution in [0.15, 0.2) is 0 Å². The molecule has 1 fully saturated rings. The molecule has 1 aliphatic heterocycles. The quantitative estimate of drug-likeness (QED) is 0.710. The van der Waals surface area contributed by atoms with Crippen molar-refractivity contribution in [2.45, 2.75) is 25.4 Å². The van der Waals surface area contributed by atoms with E-state index in [-0.39, 0.29) is 11.9 Å². The van der Waals surface area contributed by atoms with Crippen molar-refractivity contribution >= 4 is 11.9 Å². The molecule has 0 aromatic carbocycles. The van der Waals surface area contributed by atoms with E-state index in [0.717, 1.165) is 12.8 Å². The summed E-state index contributed by atoms with van der Waals surface area (Å²) in [5.74, 6) is -0.0102. The predicted octanol–water partition coefficient (Wildman–Crippen LogP) is -0.369. The number of urea groups is 1. The van der Waals surface area contributed by atoms with E-state index < -0.39 is 6.10 Å². The van der Waals surface area contributed by atoms with Crippen LogP contribution in [-0.2, 0) is 4.79 Å². The van der Waals surface area contributed by atoms with E-state index in [2.05, 4.69) is 5.32 Å². The number of carbonyl (C=O) groups excluding carboxylic acids is 2. The number of likely N-dealkylation sites (tertiary alicyclic amines) is 1. The molecule has 2 N–H and O–H groups in total.